The van der Waals surface area contributed by atoms with Gasteiger partial charge in [-0.25, -0.2) is 4.39 Å². The van der Waals surface area contributed by atoms with Crippen molar-refractivity contribution < 1.29 is 13.9 Å². The van der Waals surface area contributed by atoms with Crippen LogP contribution in [0.15, 0.2) is 18.2 Å². The minimum atomic E-state index is -0.459. The number of ether oxygens (including phenoxy) is 1. The third kappa shape index (κ3) is 4.27. The summed E-state index contributed by atoms with van der Waals surface area (Å²) < 4.78 is 18.1. The Hall–Kier alpha value is -2.33. The maximum absolute atomic E-state index is 13.4. The van der Waals surface area contributed by atoms with E-state index in [4.69, 9.17) is 10.00 Å². The van der Waals surface area contributed by atoms with Crippen LogP contribution >= 0.6 is 0 Å². The molecule has 0 atom stereocenters. The Morgan fingerprint density at radius 3 is 2.89 bits per heavy atom. The molecule has 4 heteroatoms. The molecule has 1 aromatic carbocycles. The molecule has 92 valence electrons. The average molecular weight is 245 g/mol. The van der Waals surface area contributed by atoms with Gasteiger partial charge in [0.05, 0.1) is 19.1 Å². The highest BCUT2D eigenvalue weighted by atomic mass is 19.1. The topological polar surface area (TPSA) is 50.1 Å². The third-order valence-corrected chi connectivity index (χ3v) is 2.09. The number of halogens is 1. The van der Waals surface area contributed by atoms with Crippen molar-refractivity contribution in [3.63, 3.8) is 0 Å². The Labute approximate surface area is 105 Å². The fourth-order valence-corrected chi connectivity index (χ4v) is 1.28. The van der Waals surface area contributed by atoms with Crippen LogP contribution in [0.1, 0.15) is 24.5 Å². The highest BCUT2D eigenvalue weighted by molar-refractivity contribution is 5.72. The van der Waals surface area contributed by atoms with Crippen LogP contribution in [0.2, 0.25) is 0 Å². The van der Waals surface area contributed by atoms with Crippen LogP contribution in [0.3, 0.4) is 0 Å². The van der Waals surface area contributed by atoms with Crippen LogP contribution in [0.5, 0.6) is 0 Å². The quantitative estimate of drug-likeness (QED) is 0.606. The van der Waals surface area contributed by atoms with Gasteiger partial charge in [-0.05, 0) is 19.1 Å². The molecule has 0 aliphatic heterocycles. The lowest BCUT2D eigenvalue weighted by atomic mass is 10.1. The summed E-state index contributed by atoms with van der Waals surface area (Å²) in [5.74, 6) is 4.42. The van der Waals surface area contributed by atoms with Gasteiger partial charge in [-0.2, -0.15) is 5.26 Å². The number of hydrogen-bond acceptors (Lipinski definition) is 3. The molecule has 0 bridgehead atoms. The number of rotatable bonds is 3. The normalized spacial score (nSPS) is 8.94. The Kier molecular flexibility index (Phi) is 5.41. The molecule has 0 amide bonds. The first-order valence-electron chi connectivity index (χ1n) is 5.47. The van der Waals surface area contributed by atoms with Gasteiger partial charge in [0.2, 0.25) is 0 Å². The zero-order valence-corrected chi connectivity index (χ0v) is 10.00. The molecule has 0 saturated heterocycles. The summed E-state index contributed by atoms with van der Waals surface area (Å²) in [6.45, 7) is 2.03. The van der Waals surface area contributed by atoms with Gasteiger partial charge in [0.25, 0.3) is 0 Å². The van der Waals surface area contributed by atoms with E-state index < -0.39 is 11.8 Å². The molecule has 0 heterocycles. The van der Waals surface area contributed by atoms with Gasteiger partial charge in [0.1, 0.15) is 12.2 Å². The van der Waals surface area contributed by atoms with E-state index >= 15 is 0 Å². The average Bonchev–Trinajstić information content (AvgIpc) is 2.33. The second-order valence-corrected chi connectivity index (χ2v) is 3.42. The van der Waals surface area contributed by atoms with Crippen molar-refractivity contribution in [2.24, 2.45) is 0 Å². The maximum atomic E-state index is 13.4. The van der Waals surface area contributed by atoms with Gasteiger partial charge >= 0.3 is 5.97 Å². The van der Waals surface area contributed by atoms with Gasteiger partial charge in [-0.15, -0.1) is 0 Å². The zero-order chi connectivity index (χ0) is 13.4. The molecule has 1 rings (SSSR count). The van der Waals surface area contributed by atoms with Crippen LogP contribution in [-0.2, 0) is 16.0 Å². The molecule has 0 aliphatic rings. The predicted octanol–water partition coefficient (Wildman–Crippen LogP) is 2.20. The molecule has 1 aromatic rings. The van der Waals surface area contributed by atoms with Gasteiger partial charge in [0.15, 0.2) is 0 Å². The highest BCUT2D eigenvalue weighted by Gasteiger charge is 2.02. The molecule has 0 fully saturated rings. The number of nitrogens with zero attached hydrogens (tertiary/aromatic N) is 1. The van der Waals surface area contributed by atoms with E-state index in [-0.39, 0.29) is 12.8 Å². The molecule has 0 aliphatic carbocycles. The van der Waals surface area contributed by atoms with Crippen LogP contribution < -0.4 is 0 Å². The smallest absolute Gasteiger partial charge is 0.317 e. The molecule has 0 spiro atoms. The second kappa shape index (κ2) is 7.09. The number of hydrogen-bond donors (Lipinski definition) is 0. The largest absolute Gasteiger partial charge is 0.465 e. The lowest BCUT2D eigenvalue weighted by Gasteiger charge is -1.98. The van der Waals surface area contributed by atoms with Crippen LogP contribution in [0.4, 0.5) is 4.39 Å². The van der Waals surface area contributed by atoms with E-state index in [1.165, 1.54) is 12.1 Å². The van der Waals surface area contributed by atoms with Crippen LogP contribution in [0, 0.1) is 29.0 Å². The summed E-state index contributed by atoms with van der Waals surface area (Å²) in [7, 11) is 0. The van der Waals surface area contributed by atoms with Crippen molar-refractivity contribution in [1.29, 1.82) is 5.26 Å². The molecule has 0 saturated carbocycles. The molecule has 18 heavy (non-hydrogen) atoms. The number of carbonyl (C=O) groups excluding carboxylic acids is 1. The summed E-state index contributed by atoms with van der Waals surface area (Å²) in [6.07, 6.45) is 0.0117. The Morgan fingerprint density at radius 2 is 2.28 bits per heavy atom. The van der Waals surface area contributed by atoms with Crippen LogP contribution in [-0.4, -0.2) is 12.6 Å². The van der Waals surface area contributed by atoms with E-state index in [9.17, 15) is 9.18 Å². The van der Waals surface area contributed by atoms with Crippen molar-refractivity contribution in [3.05, 3.63) is 35.1 Å². The zero-order valence-electron chi connectivity index (χ0n) is 10.00. The van der Waals surface area contributed by atoms with E-state index in [0.717, 1.165) is 0 Å². The minimum Gasteiger partial charge on any atom is -0.465 e. The number of nitriles is 1. The molecule has 0 N–H and O–H groups in total. The standard InChI is InChI=1S/C14H12FNO2/c1-2-18-14(17)5-3-4-11-6-7-12(8-9-16)13(15)10-11/h6-7,10H,2,5,8H2,1H3. The monoisotopic (exact) mass is 245 g/mol. The molecule has 3 nitrogen and oxygen atoms in total. The van der Waals surface area contributed by atoms with Gasteiger partial charge < -0.3 is 4.74 Å². The fourth-order valence-electron chi connectivity index (χ4n) is 1.28. The lowest BCUT2D eigenvalue weighted by molar-refractivity contribution is -0.141. The van der Waals surface area contributed by atoms with Gasteiger partial charge in [-0.1, -0.05) is 17.9 Å². The summed E-state index contributed by atoms with van der Waals surface area (Å²) in [5.41, 5.74) is 0.812. The second-order valence-electron chi connectivity index (χ2n) is 3.42. The number of carbonyl (C=O) groups is 1. The van der Waals surface area contributed by atoms with Gasteiger partial charge in [0, 0.05) is 11.1 Å². The highest BCUT2D eigenvalue weighted by Crippen LogP contribution is 2.10. The van der Waals surface area contributed by atoms with Gasteiger partial charge in [-0.3, -0.25) is 4.79 Å². The number of esters is 1. The predicted molar refractivity (Wildman–Crippen MR) is 63.8 cm³/mol. The van der Waals surface area contributed by atoms with E-state index in [1.807, 2.05) is 6.07 Å². The molecule has 0 aromatic heterocycles. The van der Waals surface area contributed by atoms with Crippen molar-refractivity contribution >= 4 is 5.97 Å². The van der Waals surface area contributed by atoms with Crippen molar-refractivity contribution in [2.45, 2.75) is 19.8 Å². The lowest BCUT2D eigenvalue weighted by Crippen LogP contribution is -2.01. The van der Waals surface area contributed by atoms with Crippen molar-refractivity contribution in [3.8, 4) is 17.9 Å². The fraction of sp³-hybridized carbons (Fsp3) is 0.286. The summed E-state index contributed by atoms with van der Waals surface area (Å²) in [5, 5.41) is 8.47. The van der Waals surface area contributed by atoms with Crippen molar-refractivity contribution in [2.75, 3.05) is 6.61 Å². The maximum Gasteiger partial charge on any atom is 0.317 e. The number of benzene rings is 1. The Balaban J connectivity index is 2.69. The van der Waals surface area contributed by atoms with E-state index in [2.05, 4.69) is 11.8 Å². The Bertz CT molecular complexity index is 535. The van der Waals surface area contributed by atoms with Crippen LogP contribution in [0.25, 0.3) is 0 Å². The summed E-state index contributed by atoms with van der Waals surface area (Å²) in [4.78, 5) is 11.0. The molecular formula is C14H12FNO2. The third-order valence-electron chi connectivity index (χ3n) is 2.09. The summed E-state index contributed by atoms with van der Waals surface area (Å²) >= 11 is 0. The minimum absolute atomic E-state index is 0.0184. The van der Waals surface area contributed by atoms with Crippen molar-refractivity contribution in [1.82, 2.24) is 0 Å². The first-order chi connectivity index (χ1) is 8.67. The Morgan fingerprint density at radius 1 is 1.50 bits per heavy atom. The molecular weight excluding hydrogens is 233 g/mol. The first-order valence-corrected chi connectivity index (χ1v) is 5.47. The summed E-state index contributed by atoms with van der Waals surface area (Å²) in [6, 6.07) is 6.27. The molecule has 0 radical (unpaired) electrons. The first kappa shape index (κ1) is 13.7. The van der Waals surface area contributed by atoms with E-state index in [1.54, 1.807) is 13.0 Å². The molecule has 0 unspecified atom stereocenters. The van der Waals surface area contributed by atoms with E-state index in [0.29, 0.717) is 17.7 Å². The SMILES string of the molecule is CCOC(=O)CC#Cc1ccc(CC#N)c(F)c1.